The Labute approximate surface area is 84.6 Å². The zero-order valence-electron chi connectivity index (χ0n) is 8.65. The Morgan fingerprint density at radius 2 is 1.86 bits per heavy atom. The van der Waals surface area contributed by atoms with E-state index in [9.17, 15) is 15.0 Å². The van der Waals surface area contributed by atoms with Gasteiger partial charge in [-0.1, -0.05) is 26.2 Å². The molecule has 0 saturated heterocycles. The van der Waals surface area contributed by atoms with Crippen molar-refractivity contribution >= 4 is 5.97 Å². The van der Waals surface area contributed by atoms with E-state index in [1.807, 2.05) is 0 Å². The van der Waals surface area contributed by atoms with Gasteiger partial charge in [0.1, 0.15) is 0 Å². The van der Waals surface area contributed by atoms with Crippen LogP contribution in [0.3, 0.4) is 0 Å². The van der Waals surface area contributed by atoms with E-state index in [4.69, 9.17) is 5.11 Å². The second-order valence-electron chi connectivity index (χ2n) is 3.64. The Balaban J connectivity index is 3.49. The monoisotopic (exact) mass is 204 g/mol. The molecule has 4 heteroatoms. The number of hydrogen-bond acceptors (Lipinski definition) is 3. The lowest BCUT2D eigenvalue weighted by atomic mass is 10.0. The van der Waals surface area contributed by atoms with Crippen molar-refractivity contribution in [2.24, 2.45) is 0 Å². The number of carbonyl (C=O) groups is 1. The quantitative estimate of drug-likeness (QED) is 0.518. The van der Waals surface area contributed by atoms with Crippen LogP contribution in [0.2, 0.25) is 0 Å². The molecule has 0 aromatic heterocycles. The van der Waals surface area contributed by atoms with Gasteiger partial charge in [-0.15, -0.1) is 0 Å². The highest BCUT2D eigenvalue weighted by Crippen LogP contribution is 2.10. The van der Waals surface area contributed by atoms with Crippen molar-refractivity contribution in [2.75, 3.05) is 0 Å². The predicted molar refractivity (Wildman–Crippen MR) is 53.0 cm³/mol. The van der Waals surface area contributed by atoms with Crippen LogP contribution >= 0.6 is 0 Å². The number of unbranched alkanes of at least 4 members (excludes halogenated alkanes) is 2. The highest BCUT2D eigenvalue weighted by molar-refractivity contribution is 5.67. The molecule has 2 atom stereocenters. The topological polar surface area (TPSA) is 77.8 Å². The molecule has 0 aromatic rings. The predicted octanol–water partition coefficient (Wildman–Crippen LogP) is 1.15. The van der Waals surface area contributed by atoms with Crippen LogP contribution in [0.4, 0.5) is 0 Å². The molecule has 4 nitrogen and oxygen atoms in total. The van der Waals surface area contributed by atoms with E-state index in [1.54, 1.807) is 0 Å². The van der Waals surface area contributed by atoms with Crippen LogP contribution < -0.4 is 0 Å². The lowest BCUT2D eigenvalue weighted by molar-refractivity contribution is -0.139. The first-order valence-electron chi connectivity index (χ1n) is 5.14. The lowest BCUT2D eigenvalue weighted by Gasteiger charge is -2.13. The first kappa shape index (κ1) is 13.4. The zero-order chi connectivity index (χ0) is 11.0. The van der Waals surface area contributed by atoms with Crippen molar-refractivity contribution in [1.29, 1.82) is 0 Å². The van der Waals surface area contributed by atoms with Crippen molar-refractivity contribution in [3.8, 4) is 0 Å². The molecule has 3 N–H and O–H groups in total. The second-order valence-corrected chi connectivity index (χ2v) is 3.64. The molecule has 0 aromatic carbocycles. The van der Waals surface area contributed by atoms with E-state index >= 15 is 0 Å². The average Bonchev–Trinajstić information content (AvgIpc) is 2.02. The molecule has 0 fully saturated rings. The summed E-state index contributed by atoms with van der Waals surface area (Å²) in [5, 5.41) is 27.0. The van der Waals surface area contributed by atoms with Crippen LogP contribution in [0.25, 0.3) is 0 Å². The third-order valence-corrected chi connectivity index (χ3v) is 2.10. The van der Waals surface area contributed by atoms with Crippen molar-refractivity contribution in [3.63, 3.8) is 0 Å². The van der Waals surface area contributed by atoms with E-state index in [0.717, 1.165) is 19.3 Å². The fraction of sp³-hybridized carbons (Fsp3) is 0.900. The van der Waals surface area contributed by atoms with Crippen molar-refractivity contribution in [1.82, 2.24) is 0 Å². The molecular formula is C10H20O4. The fourth-order valence-electron chi connectivity index (χ4n) is 1.35. The molecule has 84 valence electrons. The van der Waals surface area contributed by atoms with E-state index < -0.39 is 18.2 Å². The van der Waals surface area contributed by atoms with E-state index in [2.05, 4.69) is 6.92 Å². The summed E-state index contributed by atoms with van der Waals surface area (Å²) in [4.78, 5) is 10.2. The Kier molecular flexibility index (Phi) is 7.42. The van der Waals surface area contributed by atoms with Gasteiger partial charge in [0.15, 0.2) is 0 Å². The Morgan fingerprint density at radius 3 is 2.36 bits per heavy atom. The summed E-state index contributed by atoms with van der Waals surface area (Å²) in [5.41, 5.74) is 0. The molecule has 0 bridgehead atoms. The minimum atomic E-state index is -1.03. The van der Waals surface area contributed by atoms with Gasteiger partial charge in [-0.25, -0.2) is 0 Å². The van der Waals surface area contributed by atoms with E-state index in [-0.39, 0.29) is 12.8 Å². The largest absolute Gasteiger partial charge is 0.481 e. The molecule has 0 aliphatic rings. The maximum absolute atomic E-state index is 10.2. The molecule has 0 rings (SSSR count). The van der Waals surface area contributed by atoms with Crippen LogP contribution in [0, 0.1) is 0 Å². The summed E-state index contributed by atoms with van der Waals surface area (Å²) < 4.78 is 0. The summed E-state index contributed by atoms with van der Waals surface area (Å²) in [6, 6.07) is 0. The molecule has 0 radical (unpaired) electrons. The molecule has 14 heavy (non-hydrogen) atoms. The van der Waals surface area contributed by atoms with Crippen LogP contribution in [-0.2, 0) is 4.79 Å². The number of carboxylic acids is 1. The molecule has 0 aliphatic carbocycles. The summed E-state index contributed by atoms with van der Waals surface area (Å²) in [5.74, 6) is -1.03. The van der Waals surface area contributed by atoms with Crippen LogP contribution in [-0.4, -0.2) is 33.5 Å². The van der Waals surface area contributed by atoms with Crippen molar-refractivity contribution in [3.05, 3.63) is 0 Å². The Morgan fingerprint density at radius 1 is 1.21 bits per heavy atom. The second kappa shape index (κ2) is 7.76. The number of hydrogen-bond donors (Lipinski definition) is 3. The van der Waals surface area contributed by atoms with Crippen LogP contribution in [0.1, 0.15) is 45.4 Å². The first-order valence-corrected chi connectivity index (χ1v) is 5.14. The summed E-state index contributed by atoms with van der Waals surface area (Å²) in [7, 11) is 0. The average molecular weight is 204 g/mol. The molecule has 0 spiro atoms. The smallest absolute Gasteiger partial charge is 0.305 e. The van der Waals surface area contributed by atoms with Gasteiger partial charge >= 0.3 is 5.97 Å². The molecule has 0 amide bonds. The number of aliphatic carboxylic acids is 1. The minimum absolute atomic E-state index is 0.163. The zero-order valence-corrected chi connectivity index (χ0v) is 8.65. The maximum atomic E-state index is 10.2. The standard InChI is InChI=1S/C10H20O4/c1-2-3-4-5-8(11)6-9(12)7-10(13)14/h8-9,11-12H,2-7H2,1H3,(H,13,14)/t8-,9+/m1/s1. The fourth-order valence-corrected chi connectivity index (χ4v) is 1.35. The molecule has 0 heterocycles. The van der Waals surface area contributed by atoms with Gasteiger partial charge in [0.2, 0.25) is 0 Å². The summed E-state index contributed by atoms with van der Waals surface area (Å²) in [6.07, 6.45) is 2.10. The third-order valence-electron chi connectivity index (χ3n) is 2.10. The van der Waals surface area contributed by atoms with Crippen molar-refractivity contribution in [2.45, 2.75) is 57.7 Å². The molecule has 0 aliphatic heterocycles. The van der Waals surface area contributed by atoms with Crippen LogP contribution in [0.15, 0.2) is 0 Å². The maximum Gasteiger partial charge on any atom is 0.305 e. The summed E-state index contributed by atoms with van der Waals surface area (Å²) >= 11 is 0. The SMILES string of the molecule is CCCCC[C@@H](O)C[C@H](O)CC(=O)O. The third kappa shape index (κ3) is 8.01. The number of carboxylic acid groups (broad SMARTS) is 1. The highest BCUT2D eigenvalue weighted by atomic mass is 16.4. The first-order chi connectivity index (χ1) is 6.56. The van der Waals surface area contributed by atoms with Crippen molar-refractivity contribution < 1.29 is 20.1 Å². The number of rotatable bonds is 8. The van der Waals surface area contributed by atoms with Gasteiger partial charge < -0.3 is 15.3 Å². The normalized spacial score (nSPS) is 15.1. The Hall–Kier alpha value is -0.610. The number of aliphatic hydroxyl groups is 2. The summed E-state index contributed by atoms with van der Waals surface area (Å²) in [6.45, 7) is 2.08. The molecule has 0 saturated carbocycles. The highest BCUT2D eigenvalue weighted by Gasteiger charge is 2.14. The van der Waals surface area contributed by atoms with E-state index in [0.29, 0.717) is 6.42 Å². The van der Waals surface area contributed by atoms with Gasteiger partial charge in [-0.3, -0.25) is 4.79 Å². The number of aliphatic hydroxyl groups excluding tert-OH is 2. The van der Waals surface area contributed by atoms with Gasteiger partial charge in [0.05, 0.1) is 18.6 Å². The van der Waals surface area contributed by atoms with Gasteiger partial charge in [0.25, 0.3) is 0 Å². The minimum Gasteiger partial charge on any atom is -0.481 e. The lowest BCUT2D eigenvalue weighted by Crippen LogP contribution is -2.20. The van der Waals surface area contributed by atoms with Gasteiger partial charge in [-0.05, 0) is 12.8 Å². The molecular weight excluding hydrogens is 184 g/mol. The van der Waals surface area contributed by atoms with Crippen LogP contribution in [0.5, 0.6) is 0 Å². The van der Waals surface area contributed by atoms with Gasteiger partial charge in [0, 0.05) is 0 Å². The molecule has 0 unspecified atom stereocenters. The Bertz CT molecular complexity index is 158. The van der Waals surface area contributed by atoms with Gasteiger partial charge in [-0.2, -0.15) is 0 Å². The van der Waals surface area contributed by atoms with E-state index in [1.165, 1.54) is 0 Å².